The third-order valence-electron chi connectivity index (χ3n) is 4.16. The van der Waals surface area contributed by atoms with Gasteiger partial charge in [0.15, 0.2) is 11.6 Å². The number of hydrogen-bond acceptors (Lipinski definition) is 5. The fraction of sp³-hybridized carbons (Fsp3) is 0.0625. The topological polar surface area (TPSA) is 110 Å². The van der Waals surface area contributed by atoms with Gasteiger partial charge in [-0.15, -0.1) is 0 Å². The minimum Gasteiger partial charge on any atom is -0.395 e. The second-order valence-corrected chi connectivity index (χ2v) is 5.69. The van der Waals surface area contributed by atoms with Crippen LogP contribution >= 0.6 is 0 Å². The predicted octanol–water partition coefficient (Wildman–Crippen LogP) is 3.34. The van der Waals surface area contributed by atoms with Crippen molar-refractivity contribution < 1.29 is 18.7 Å². The standard InChI is InChI=1S/C16H12F2N6O2/c1-7-12(9-4-20-23-15(9)14(19)13(7)17)8-2-3-11-21-10(6-24(11)5-8)22-16(25)26-18/h2-6H,19H2,1H3,(H,20,23)(H,22,25). The number of benzene rings is 1. The molecule has 8 nitrogen and oxygen atoms in total. The van der Waals surface area contributed by atoms with Gasteiger partial charge in [-0.2, -0.15) is 5.10 Å². The van der Waals surface area contributed by atoms with Crippen molar-refractivity contribution in [1.29, 1.82) is 0 Å². The Hall–Kier alpha value is -3.69. The number of nitrogen functional groups attached to an aromatic ring is 1. The lowest BCUT2D eigenvalue weighted by Crippen LogP contribution is -2.09. The molecular formula is C16H12F2N6O2. The number of imidazole rings is 1. The summed E-state index contributed by atoms with van der Waals surface area (Å²) < 4.78 is 28.0. The summed E-state index contributed by atoms with van der Waals surface area (Å²) in [6.07, 6.45) is 3.49. The van der Waals surface area contributed by atoms with Crippen LogP contribution in [0.1, 0.15) is 5.56 Å². The third kappa shape index (κ3) is 2.31. The van der Waals surface area contributed by atoms with Gasteiger partial charge in [0.25, 0.3) is 0 Å². The maximum atomic E-state index is 14.5. The van der Waals surface area contributed by atoms with Gasteiger partial charge < -0.3 is 10.1 Å². The molecule has 0 fully saturated rings. The van der Waals surface area contributed by atoms with Gasteiger partial charge in [-0.05, 0) is 30.2 Å². The number of carbonyl (C=O) groups is 1. The lowest BCUT2D eigenvalue weighted by atomic mass is 9.96. The average Bonchev–Trinajstić information content (AvgIpc) is 3.26. The molecule has 3 heterocycles. The summed E-state index contributed by atoms with van der Waals surface area (Å²) in [5.74, 6) is -0.408. The van der Waals surface area contributed by atoms with Gasteiger partial charge in [-0.25, -0.2) is 19.1 Å². The minimum atomic E-state index is -1.27. The number of fused-ring (bicyclic) bond motifs is 2. The summed E-state index contributed by atoms with van der Waals surface area (Å²) in [7, 11) is 0. The fourth-order valence-electron chi connectivity index (χ4n) is 3.00. The Labute approximate surface area is 144 Å². The van der Waals surface area contributed by atoms with Crippen LogP contribution in [0.15, 0.2) is 30.7 Å². The highest BCUT2D eigenvalue weighted by atomic mass is 19.3. The summed E-state index contributed by atoms with van der Waals surface area (Å²) in [5.41, 5.74) is 8.46. The predicted molar refractivity (Wildman–Crippen MR) is 90.6 cm³/mol. The van der Waals surface area contributed by atoms with Gasteiger partial charge in [-0.3, -0.25) is 10.4 Å². The van der Waals surface area contributed by atoms with Crippen LogP contribution < -0.4 is 11.1 Å². The Morgan fingerprint density at radius 2 is 2.19 bits per heavy atom. The van der Waals surface area contributed by atoms with Crippen molar-refractivity contribution in [3.8, 4) is 11.1 Å². The molecule has 4 rings (SSSR count). The number of rotatable bonds is 2. The number of anilines is 2. The highest BCUT2D eigenvalue weighted by molar-refractivity contribution is 6.02. The maximum Gasteiger partial charge on any atom is 0.450 e. The fourth-order valence-corrected chi connectivity index (χ4v) is 3.00. The first-order chi connectivity index (χ1) is 12.5. The Bertz CT molecular complexity index is 1170. The number of carbonyl (C=O) groups excluding carboxylic acids is 1. The number of aromatic nitrogens is 4. The number of nitrogens with zero attached hydrogens (tertiary/aromatic N) is 3. The van der Waals surface area contributed by atoms with E-state index in [2.05, 4.69) is 25.4 Å². The number of H-pyrrole nitrogens is 1. The van der Waals surface area contributed by atoms with E-state index in [0.717, 1.165) is 0 Å². The molecule has 0 aliphatic rings. The van der Waals surface area contributed by atoms with E-state index in [1.54, 1.807) is 35.9 Å². The smallest absolute Gasteiger partial charge is 0.395 e. The molecule has 3 aromatic heterocycles. The summed E-state index contributed by atoms with van der Waals surface area (Å²) in [5, 5.41) is 9.47. The second-order valence-electron chi connectivity index (χ2n) is 5.69. The van der Waals surface area contributed by atoms with Crippen LogP contribution in [0.4, 0.5) is 25.2 Å². The number of pyridine rings is 1. The molecule has 1 amide bonds. The van der Waals surface area contributed by atoms with Crippen LogP contribution in [0.3, 0.4) is 0 Å². The molecule has 0 aliphatic carbocycles. The summed E-state index contributed by atoms with van der Waals surface area (Å²) >= 11 is 0. The van der Waals surface area contributed by atoms with Crippen LogP contribution in [0.25, 0.3) is 27.7 Å². The van der Waals surface area contributed by atoms with E-state index in [9.17, 15) is 13.7 Å². The molecule has 26 heavy (non-hydrogen) atoms. The third-order valence-corrected chi connectivity index (χ3v) is 4.16. The molecule has 10 heteroatoms. The largest absolute Gasteiger partial charge is 0.450 e. The van der Waals surface area contributed by atoms with Crippen LogP contribution in [0.2, 0.25) is 0 Å². The molecule has 0 unspecified atom stereocenters. The van der Waals surface area contributed by atoms with Gasteiger partial charge in [-0.1, -0.05) is 0 Å². The van der Waals surface area contributed by atoms with Crippen LogP contribution in [0, 0.1) is 12.7 Å². The summed E-state index contributed by atoms with van der Waals surface area (Å²) in [4.78, 5) is 18.1. The van der Waals surface area contributed by atoms with Crippen molar-refractivity contribution in [2.24, 2.45) is 0 Å². The number of nitrogens with one attached hydrogen (secondary N) is 2. The van der Waals surface area contributed by atoms with Crippen molar-refractivity contribution in [2.75, 3.05) is 11.1 Å². The van der Waals surface area contributed by atoms with E-state index in [1.165, 1.54) is 6.20 Å². The Morgan fingerprint density at radius 1 is 1.38 bits per heavy atom. The Kier molecular flexibility index (Phi) is 3.46. The van der Waals surface area contributed by atoms with Crippen molar-refractivity contribution >= 4 is 34.1 Å². The average molecular weight is 358 g/mol. The summed E-state index contributed by atoms with van der Waals surface area (Å²) in [6.45, 7) is 1.63. The molecule has 4 aromatic rings. The zero-order valence-corrected chi connectivity index (χ0v) is 13.4. The molecule has 0 atom stereocenters. The molecule has 0 radical (unpaired) electrons. The molecule has 0 bridgehead atoms. The molecular weight excluding hydrogens is 346 g/mol. The Morgan fingerprint density at radius 3 is 2.96 bits per heavy atom. The van der Waals surface area contributed by atoms with E-state index in [-0.39, 0.29) is 11.5 Å². The van der Waals surface area contributed by atoms with Crippen LogP contribution in [-0.4, -0.2) is 25.7 Å². The summed E-state index contributed by atoms with van der Waals surface area (Å²) in [6, 6.07) is 3.44. The molecule has 0 aliphatic heterocycles. The highest BCUT2D eigenvalue weighted by Gasteiger charge is 2.18. The molecule has 0 spiro atoms. The van der Waals surface area contributed by atoms with E-state index < -0.39 is 11.9 Å². The lowest BCUT2D eigenvalue weighted by Gasteiger charge is -2.11. The molecule has 0 saturated carbocycles. The van der Waals surface area contributed by atoms with E-state index in [1.807, 2.05) is 0 Å². The SMILES string of the molecule is Cc1c(F)c(N)c2[nH]ncc2c1-c1ccc2nc(NC(=O)OF)cn2c1. The Balaban J connectivity index is 1.89. The van der Waals surface area contributed by atoms with E-state index in [0.29, 0.717) is 33.2 Å². The molecule has 1 aromatic carbocycles. The quantitative estimate of drug-likeness (QED) is 0.476. The van der Waals surface area contributed by atoms with Crippen LogP contribution in [-0.2, 0) is 4.94 Å². The molecule has 4 N–H and O–H groups in total. The number of halogens is 2. The first-order valence-electron chi connectivity index (χ1n) is 7.49. The van der Waals surface area contributed by atoms with Crippen molar-refractivity contribution in [2.45, 2.75) is 6.92 Å². The van der Waals surface area contributed by atoms with Gasteiger partial charge in [0.1, 0.15) is 5.65 Å². The number of amides is 1. The minimum absolute atomic E-state index is 0.0127. The zero-order valence-electron chi connectivity index (χ0n) is 13.4. The van der Waals surface area contributed by atoms with Crippen molar-refractivity contribution in [3.63, 3.8) is 0 Å². The number of hydrogen-bond donors (Lipinski definition) is 3. The monoisotopic (exact) mass is 358 g/mol. The van der Waals surface area contributed by atoms with Gasteiger partial charge in [0.05, 0.1) is 23.6 Å². The van der Waals surface area contributed by atoms with Gasteiger partial charge in [0, 0.05) is 21.7 Å². The van der Waals surface area contributed by atoms with Crippen molar-refractivity contribution in [3.05, 3.63) is 42.1 Å². The first kappa shape index (κ1) is 15.8. The van der Waals surface area contributed by atoms with E-state index >= 15 is 0 Å². The zero-order chi connectivity index (χ0) is 18.4. The van der Waals surface area contributed by atoms with Crippen molar-refractivity contribution in [1.82, 2.24) is 19.6 Å². The second kappa shape index (κ2) is 5.69. The molecule has 0 saturated heterocycles. The van der Waals surface area contributed by atoms with Crippen LogP contribution in [0.5, 0.6) is 0 Å². The molecule has 132 valence electrons. The number of aromatic amines is 1. The number of nitrogens with two attached hydrogens (primary N) is 1. The maximum absolute atomic E-state index is 14.5. The highest BCUT2D eigenvalue weighted by Crippen LogP contribution is 2.36. The van der Waals surface area contributed by atoms with Gasteiger partial charge >= 0.3 is 6.09 Å². The normalized spacial score (nSPS) is 11.2. The van der Waals surface area contributed by atoms with E-state index in [4.69, 9.17) is 5.73 Å². The lowest BCUT2D eigenvalue weighted by molar-refractivity contribution is -0.0544. The first-order valence-corrected chi connectivity index (χ1v) is 7.49. The van der Waals surface area contributed by atoms with Gasteiger partial charge in [0.2, 0.25) is 0 Å².